The maximum atomic E-state index is 11.8. The summed E-state index contributed by atoms with van der Waals surface area (Å²) in [6.45, 7) is 3.15. The molecule has 0 aromatic carbocycles. The smallest absolute Gasteiger partial charge is 0.327 e. The first-order valence-corrected chi connectivity index (χ1v) is 5.93. The lowest BCUT2D eigenvalue weighted by Crippen LogP contribution is -2.55. The summed E-state index contributed by atoms with van der Waals surface area (Å²) in [6.07, 6.45) is 4.99. The predicted molar refractivity (Wildman–Crippen MR) is 67.2 cm³/mol. The van der Waals surface area contributed by atoms with Crippen molar-refractivity contribution in [1.82, 2.24) is 15.1 Å². The molecule has 0 aromatic rings. The Kier molecular flexibility index (Phi) is 5.18. The molecule has 104 valence electrons. The standard InChI is InChI=1S/C12H17N3O4/c1-3-4-10(11(17)18)13-12(19)15-7-5-14(6-8-15)9(2)16/h1,10H,4-8H2,2H3,(H,13,19)(H,17,18). The summed E-state index contributed by atoms with van der Waals surface area (Å²) in [7, 11) is 0. The van der Waals surface area contributed by atoms with Gasteiger partial charge in [-0.25, -0.2) is 9.59 Å². The fourth-order valence-electron chi connectivity index (χ4n) is 1.78. The SMILES string of the molecule is C#CCC(NC(=O)N1CCN(C(C)=O)CC1)C(=O)O. The zero-order valence-electron chi connectivity index (χ0n) is 10.8. The van der Waals surface area contributed by atoms with Crippen LogP contribution in [0.25, 0.3) is 0 Å². The molecule has 2 N–H and O–H groups in total. The van der Waals surface area contributed by atoms with E-state index < -0.39 is 18.0 Å². The number of nitrogens with zero attached hydrogens (tertiary/aromatic N) is 2. The number of rotatable bonds is 3. The average molecular weight is 267 g/mol. The minimum Gasteiger partial charge on any atom is -0.480 e. The van der Waals surface area contributed by atoms with Gasteiger partial charge < -0.3 is 20.2 Å². The van der Waals surface area contributed by atoms with Crippen molar-refractivity contribution >= 4 is 17.9 Å². The first kappa shape index (κ1) is 14.8. The van der Waals surface area contributed by atoms with Gasteiger partial charge in [-0.05, 0) is 0 Å². The molecule has 0 radical (unpaired) electrons. The second kappa shape index (κ2) is 6.64. The molecule has 1 aliphatic heterocycles. The van der Waals surface area contributed by atoms with Crippen molar-refractivity contribution in [3.63, 3.8) is 0 Å². The summed E-state index contributed by atoms with van der Waals surface area (Å²) >= 11 is 0. The lowest BCUT2D eigenvalue weighted by atomic mass is 10.2. The van der Waals surface area contributed by atoms with Crippen molar-refractivity contribution in [3.8, 4) is 12.3 Å². The minimum atomic E-state index is -1.16. The van der Waals surface area contributed by atoms with E-state index in [1.807, 2.05) is 0 Å². The number of aliphatic carboxylic acids is 1. The number of carboxylic acids is 1. The van der Waals surface area contributed by atoms with E-state index in [4.69, 9.17) is 11.5 Å². The van der Waals surface area contributed by atoms with Crippen LogP contribution in [0.3, 0.4) is 0 Å². The van der Waals surface area contributed by atoms with E-state index >= 15 is 0 Å². The molecule has 1 atom stereocenters. The van der Waals surface area contributed by atoms with Crippen LogP contribution in [-0.2, 0) is 9.59 Å². The van der Waals surface area contributed by atoms with Crippen LogP contribution in [0.4, 0.5) is 4.79 Å². The van der Waals surface area contributed by atoms with Gasteiger partial charge in [0.25, 0.3) is 0 Å². The van der Waals surface area contributed by atoms with Crippen molar-refractivity contribution in [3.05, 3.63) is 0 Å². The third-order valence-electron chi connectivity index (χ3n) is 2.93. The molecular weight excluding hydrogens is 250 g/mol. The highest BCUT2D eigenvalue weighted by molar-refractivity contribution is 5.83. The van der Waals surface area contributed by atoms with E-state index in [-0.39, 0.29) is 12.3 Å². The Hall–Kier alpha value is -2.23. The Morgan fingerprint density at radius 3 is 2.21 bits per heavy atom. The summed E-state index contributed by atoms with van der Waals surface area (Å²) in [6, 6.07) is -1.55. The molecule has 1 fully saturated rings. The molecule has 0 aromatic heterocycles. The molecule has 0 aliphatic carbocycles. The molecular formula is C12H17N3O4. The number of amides is 3. The first-order chi connectivity index (χ1) is 8.95. The van der Waals surface area contributed by atoms with Gasteiger partial charge in [0.1, 0.15) is 6.04 Å². The number of piperazine rings is 1. The van der Waals surface area contributed by atoms with Crippen LogP contribution in [0.15, 0.2) is 0 Å². The van der Waals surface area contributed by atoms with Crippen molar-refractivity contribution in [2.45, 2.75) is 19.4 Å². The Morgan fingerprint density at radius 2 is 1.79 bits per heavy atom. The van der Waals surface area contributed by atoms with Crippen LogP contribution in [0.2, 0.25) is 0 Å². The fourth-order valence-corrected chi connectivity index (χ4v) is 1.78. The highest BCUT2D eigenvalue weighted by Crippen LogP contribution is 2.03. The summed E-state index contributed by atoms with van der Waals surface area (Å²) < 4.78 is 0. The molecule has 3 amide bonds. The van der Waals surface area contributed by atoms with Crippen molar-refractivity contribution in [2.75, 3.05) is 26.2 Å². The lowest BCUT2D eigenvalue weighted by Gasteiger charge is -2.34. The molecule has 19 heavy (non-hydrogen) atoms. The van der Waals surface area contributed by atoms with Crippen molar-refractivity contribution in [2.24, 2.45) is 0 Å². The molecule has 0 spiro atoms. The maximum Gasteiger partial charge on any atom is 0.327 e. The van der Waals surface area contributed by atoms with Crippen LogP contribution in [0.1, 0.15) is 13.3 Å². The highest BCUT2D eigenvalue weighted by Gasteiger charge is 2.25. The monoisotopic (exact) mass is 267 g/mol. The van der Waals surface area contributed by atoms with E-state index in [0.717, 1.165) is 0 Å². The van der Waals surface area contributed by atoms with Crippen LogP contribution < -0.4 is 5.32 Å². The Morgan fingerprint density at radius 1 is 1.26 bits per heavy atom. The van der Waals surface area contributed by atoms with Gasteiger partial charge in [0.15, 0.2) is 0 Å². The molecule has 1 saturated heterocycles. The van der Waals surface area contributed by atoms with Gasteiger partial charge >= 0.3 is 12.0 Å². The van der Waals surface area contributed by atoms with Crippen LogP contribution in [-0.4, -0.2) is 65.0 Å². The zero-order chi connectivity index (χ0) is 14.4. The largest absolute Gasteiger partial charge is 0.480 e. The number of nitrogens with one attached hydrogen (secondary N) is 1. The van der Waals surface area contributed by atoms with Crippen LogP contribution in [0, 0.1) is 12.3 Å². The van der Waals surface area contributed by atoms with Gasteiger partial charge in [-0.2, -0.15) is 0 Å². The predicted octanol–water partition coefficient (Wildman–Crippen LogP) is -0.663. The fraction of sp³-hybridized carbons (Fsp3) is 0.583. The summed E-state index contributed by atoms with van der Waals surface area (Å²) in [4.78, 5) is 37.0. The van der Waals surface area contributed by atoms with Gasteiger partial charge in [-0.3, -0.25) is 4.79 Å². The first-order valence-electron chi connectivity index (χ1n) is 5.93. The Labute approximate surface area is 111 Å². The molecule has 7 heteroatoms. The molecule has 0 saturated carbocycles. The van der Waals surface area contributed by atoms with Crippen LogP contribution >= 0.6 is 0 Å². The molecule has 1 aliphatic rings. The second-order valence-electron chi connectivity index (χ2n) is 4.24. The van der Waals surface area contributed by atoms with E-state index in [0.29, 0.717) is 26.2 Å². The minimum absolute atomic E-state index is 0.0317. The van der Waals surface area contributed by atoms with Gasteiger partial charge in [-0.15, -0.1) is 12.3 Å². The number of urea groups is 1. The van der Waals surface area contributed by atoms with E-state index in [9.17, 15) is 14.4 Å². The molecule has 1 unspecified atom stereocenters. The number of carbonyl (C=O) groups is 3. The highest BCUT2D eigenvalue weighted by atomic mass is 16.4. The van der Waals surface area contributed by atoms with Gasteiger partial charge in [-0.1, -0.05) is 0 Å². The number of terminal acetylenes is 1. The van der Waals surface area contributed by atoms with Crippen molar-refractivity contribution in [1.29, 1.82) is 0 Å². The van der Waals surface area contributed by atoms with Crippen LogP contribution in [0.5, 0.6) is 0 Å². The van der Waals surface area contributed by atoms with Gasteiger partial charge in [0.2, 0.25) is 5.91 Å². The second-order valence-corrected chi connectivity index (χ2v) is 4.24. The zero-order valence-corrected chi connectivity index (χ0v) is 10.8. The summed E-state index contributed by atoms with van der Waals surface area (Å²) in [5.74, 6) is 1.02. The number of carboxylic acid groups (broad SMARTS) is 1. The third kappa shape index (κ3) is 4.17. The van der Waals surface area contributed by atoms with Gasteiger partial charge in [0, 0.05) is 39.5 Å². The Balaban J connectivity index is 2.49. The number of hydrogen-bond acceptors (Lipinski definition) is 3. The van der Waals surface area contributed by atoms with Gasteiger partial charge in [0.05, 0.1) is 0 Å². The summed E-state index contributed by atoms with van der Waals surface area (Å²) in [5.41, 5.74) is 0. The maximum absolute atomic E-state index is 11.8. The molecule has 7 nitrogen and oxygen atoms in total. The number of carbonyl (C=O) groups excluding carboxylic acids is 2. The Bertz CT molecular complexity index is 408. The quantitative estimate of drug-likeness (QED) is 0.664. The summed E-state index contributed by atoms with van der Waals surface area (Å²) in [5, 5.41) is 11.3. The molecule has 1 heterocycles. The topological polar surface area (TPSA) is 90.0 Å². The molecule has 1 rings (SSSR count). The van der Waals surface area contributed by atoms with E-state index in [1.54, 1.807) is 4.90 Å². The normalized spacial score (nSPS) is 16.4. The molecule has 0 bridgehead atoms. The van der Waals surface area contributed by atoms with E-state index in [2.05, 4.69) is 11.2 Å². The van der Waals surface area contributed by atoms with E-state index in [1.165, 1.54) is 11.8 Å². The van der Waals surface area contributed by atoms with Crippen molar-refractivity contribution < 1.29 is 19.5 Å². The number of hydrogen-bond donors (Lipinski definition) is 2. The lowest BCUT2D eigenvalue weighted by molar-refractivity contribution is -0.139. The third-order valence-corrected chi connectivity index (χ3v) is 2.93. The average Bonchev–Trinajstić information content (AvgIpc) is 2.38.